The van der Waals surface area contributed by atoms with Gasteiger partial charge in [0.15, 0.2) is 15.7 Å². The zero-order valence-electron chi connectivity index (χ0n) is 22.7. The molecule has 0 spiro atoms. The minimum Gasteiger partial charge on any atom is -0.392 e. The molecule has 1 aliphatic carbocycles. The summed E-state index contributed by atoms with van der Waals surface area (Å²) in [5.74, 6) is 0.795. The Hall–Kier alpha value is -4.36. The number of aromatic nitrogens is 5. The van der Waals surface area contributed by atoms with Gasteiger partial charge in [0.1, 0.15) is 17.3 Å². The molecule has 0 aromatic carbocycles. The highest BCUT2D eigenvalue weighted by molar-refractivity contribution is 7.90. The Kier molecular flexibility index (Phi) is 6.70. The lowest BCUT2D eigenvalue weighted by Gasteiger charge is -2.29. The summed E-state index contributed by atoms with van der Waals surface area (Å²) in [6, 6.07) is 6.25. The number of fused-ring (bicyclic) bond motifs is 3. The van der Waals surface area contributed by atoms with E-state index >= 15 is 0 Å². The van der Waals surface area contributed by atoms with Crippen molar-refractivity contribution in [3.63, 3.8) is 0 Å². The van der Waals surface area contributed by atoms with Crippen LogP contribution in [0.5, 0.6) is 0 Å². The van der Waals surface area contributed by atoms with Crippen LogP contribution in [0.15, 0.2) is 52.5 Å². The van der Waals surface area contributed by atoms with E-state index in [2.05, 4.69) is 20.3 Å². The first-order chi connectivity index (χ1) is 19.7. The van der Waals surface area contributed by atoms with Crippen molar-refractivity contribution >= 4 is 33.1 Å². The number of carbonyl (C=O) groups excluding carboxylic acids is 1. The number of hydrogen-bond acceptors (Lipinski definition) is 9. The molecule has 0 saturated heterocycles. The summed E-state index contributed by atoms with van der Waals surface area (Å²) in [6.45, 7) is 0.611. The second-order valence-electron chi connectivity index (χ2n) is 10.3. The van der Waals surface area contributed by atoms with E-state index in [1.807, 2.05) is 4.57 Å². The van der Waals surface area contributed by atoms with E-state index in [-0.39, 0.29) is 28.7 Å². The van der Waals surface area contributed by atoms with E-state index < -0.39 is 9.84 Å². The number of carbonyl (C=O) groups is 1. The third-order valence-electron chi connectivity index (χ3n) is 7.58. The van der Waals surface area contributed by atoms with Crippen LogP contribution in [-0.2, 0) is 42.9 Å². The third kappa shape index (κ3) is 4.80. The van der Waals surface area contributed by atoms with Crippen LogP contribution in [0.1, 0.15) is 40.4 Å². The van der Waals surface area contributed by atoms with Gasteiger partial charge in [0.25, 0.3) is 11.5 Å². The highest BCUT2D eigenvalue weighted by atomic mass is 32.2. The second kappa shape index (κ2) is 10.2. The molecule has 4 aromatic rings. The molecule has 0 atom stereocenters. The van der Waals surface area contributed by atoms with E-state index in [0.717, 1.165) is 43.3 Å². The number of hydrogen-bond donors (Lipinski definition) is 2. The molecule has 2 N–H and O–H groups in total. The molecule has 0 radical (unpaired) electrons. The fourth-order valence-electron chi connectivity index (χ4n) is 5.53. The number of aryl methyl sites for hydroxylation is 2. The number of aliphatic hydroxyl groups is 1. The fourth-order valence-corrected chi connectivity index (χ4v) is 6.09. The molecule has 4 aromatic heterocycles. The highest BCUT2D eigenvalue weighted by Crippen LogP contribution is 2.33. The van der Waals surface area contributed by atoms with Crippen LogP contribution in [0.2, 0.25) is 0 Å². The first-order valence-corrected chi connectivity index (χ1v) is 15.2. The Labute approximate surface area is 236 Å². The SMILES string of the molecule is Cn1cc(-c2ccnc(N3CCn4c(nc5c4CCCC5)C3=O)c2CO)cc(Nc2ccc(S(C)(=O)=O)cn2)c1=O. The summed E-state index contributed by atoms with van der Waals surface area (Å²) in [4.78, 5) is 41.5. The van der Waals surface area contributed by atoms with Crippen molar-refractivity contribution < 1.29 is 18.3 Å². The first-order valence-electron chi connectivity index (χ1n) is 13.3. The average Bonchev–Trinajstić information content (AvgIpc) is 3.35. The Morgan fingerprint density at radius 2 is 1.88 bits per heavy atom. The predicted molar refractivity (Wildman–Crippen MR) is 152 cm³/mol. The van der Waals surface area contributed by atoms with Crippen LogP contribution in [0, 0.1) is 0 Å². The average molecular weight is 576 g/mol. The molecule has 0 bridgehead atoms. The largest absolute Gasteiger partial charge is 0.392 e. The first kappa shape index (κ1) is 26.8. The van der Waals surface area contributed by atoms with E-state index in [1.165, 1.54) is 22.9 Å². The van der Waals surface area contributed by atoms with Crippen molar-refractivity contribution in [1.82, 2.24) is 24.1 Å². The number of aliphatic hydroxyl groups excluding tert-OH is 1. The lowest BCUT2D eigenvalue weighted by Crippen LogP contribution is -2.42. The van der Waals surface area contributed by atoms with Crippen molar-refractivity contribution in [2.75, 3.05) is 23.0 Å². The van der Waals surface area contributed by atoms with Gasteiger partial charge in [-0.25, -0.2) is 23.4 Å². The van der Waals surface area contributed by atoms with Crippen molar-refractivity contribution in [2.24, 2.45) is 7.05 Å². The number of pyridine rings is 3. The van der Waals surface area contributed by atoms with Gasteiger partial charge in [-0.2, -0.15) is 0 Å². The van der Waals surface area contributed by atoms with Gasteiger partial charge in [-0.3, -0.25) is 14.5 Å². The number of imidazole rings is 1. The molecule has 12 nitrogen and oxygen atoms in total. The number of sulfone groups is 1. The lowest BCUT2D eigenvalue weighted by atomic mass is 10.0. The number of rotatable bonds is 6. The minimum atomic E-state index is -3.41. The molecular weight excluding hydrogens is 546 g/mol. The van der Waals surface area contributed by atoms with E-state index in [4.69, 9.17) is 0 Å². The van der Waals surface area contributed by atoms with E-state index in [9.17, 15) is 23.1 Å². The molecule has 5 heterocycles. The van der Waals surface area contributed by atoms with Gasteiger partial charge < -0.3 is 19.6 Å². The zero-order chi connectivity index (χ0) is 28.9. The van der Waals surface area contributed by atoms with Gasteiger partial charge in [-0.15, -0.1) is 0 Å². The third-order valence-corrected chi connectivity index (χ3v) is 8.68. The van der Waals surface area contributed by atoms with Gasteiger partial charge >= 0.3 is 0 Å². The summed E-state index contributed by atoms with van der Waals surface area (Å²) >= 11 is 0. The summed E-state index contributed by atoms with van der Waals surface area (Å²) in [5, 5.41) is 13.4. The quantitative estimate of drug-likeness (QED) is 0.352. The Morgan fingerprint density at radius 3 is 2.61 bits per heavy atom. The van der Waals surface area contributed by atoms with Gasteiger partial charge in [-0.05, 0) is 55.5 Å². The summed E-state index contributed by atoms with van der Waals surface area (Å²) in [6.07, 6.45) is 9.49. The summed E-state index contributed by atoms with van der Waals surface area (Å²) < 4.78 is 27.0. The normalized spacial score (nSPS) is 15.0. The standard InChI is InChI=1S/C28H29N7O5S/c1-33-15-17(13-22(27(33)37)31-24-8-7-18(14-30-24)41(2,39)40)19-9-10-29-25(20(19)16-36)35-12-11-34-23-6-4-3-5-21(23)32-26(34)28(35)38/h7-10,13-15,36H,3-6,11-12,16H2,1-2H3,(H,30,31). The van der Waals surface area contributed by atoms with Gasteiger partial charge in [-0.1, -0.05) is 0 Å². The van der Waals surface area contributed by atoms with Crippen LogP contribution in [0.3, 0.4) is 0 Å². The van der Waals surface area contributed by atoms with Gasteiger partial charge in [0.05, 0.1) is 17.2 Å². The monoisotopic (exact) mass is 575 g/mol. The molecule has 6 rings (SSSR count). The van der Waals surface area contributed by atoms with Crippen molar-refractivity contribution in [3.8, 4) is 11.1 Å². The van der Waals surface area contributed by atoms with Crippen LogP contribution in [0.25, 0.3) is 11.1 Å². The highest BCUT2D eigenvalue weighted by Gasteiger charge is 2.33. The molecule has 13 heteroatoms. The van der Waals surface area contributed by atoms with Gasteiger partial charge in [0.2, 0.25) is 0 Å². The van der Waals surface area contributed by atoms with E-state index in [1.54, 1.807) is 36.5 Å². The summed E-state index contributed by atoms with van der Waals surface area (Å²) in [5.41, 5.74) is 3.68. The molecule has 41 heavy (non-hydrogen) atoms. The van der Waals surface area contributed by atoms with Crippen LogP contribution >= 0.6 is 0 Å². The number of amides is 1. The summed E-state index contributed by atoms with van der Waals surface area (Å²) in [7, 11) is -1.81. The van der Waals surface area contributed by atoms with Crippen molar-refractivity contribution in [1.29, 1.82) is 0 Å². The maximum absolute atomic E-state index is 13.6. The van der Waals surface area contributed by atoms with Gasteiger partial charge in [0, 0.05) is 61.8 Å². The van der Waals surface area contributed by atoms with Crippen LogP contribution < -0.4 is 15.8 Å². The fraction of sp³-hybridized carbons (Fsp3) is 0.321. The lowest BCUT2D eigenvalue weighted by molar-refractivity contribution is 0.0957. The Bertz CT molecular complexity index is 1840. The van der Waals surface area contributed by atoms with Crippen molar-refractivity contribution in [3.05, 3.63) is 76.0 Å². The molecule has 1 aliphatic heterocycles. The number of anilines is 3. The number of nitrogens with zero attached hydrogens (tertiary/aromatic N) is 6. The minimum absolute atomic E-state index is 0.0662. The van der Waals surface area contributed by atoms with Crippen LogP contribution in [0.4, 0.5) is 17.3 Å². The molecule has 212 valence electrons. The van der Waals surface area contributed by atoms with Crippen molar-refractivity contribution in [2.45, 2.75) is 43.7 Å². The Balaban J connectivity index is 1.36. The zero-order valence-corrected chi connectivity index (χ0v) is 23.5. The maximum atomic E-state index is 13.6. The predicted octanol–water partition coefficient (Wildman–Crippen LogP) is 2.22. The Morgan fingerprint density at radius 1 is 1.07 bits per heavy atom. The molecule has 0 unspecified atom stereocenters. The smallest absolute Gasteiger partial charge is 0.295 e. The topological polar surface area (TPSA) is 152 Å². The number of nitrogens with one attached hydrogen (secondary N) is 1. The molecule has 2 aliphatic rings. The maximum Gasteiger partial charge on any atom is 0.295 e. The van der Waals surface area contributed by atoms with E-state index in [0.29, 0.717) is 47.2 Å². The van der Waals surface area contributed by atoms with Crippen LogP contribution in [-0.4, -0.2) is 56.3 Å². The molecule has 0 fully saturated rings. The molecular formula is C28H29N7O5S. The molecule has 1 amide bonds. The molecule has 0 saturated carbocycles. The second-order valence-corrected chi connectivity index (χ2v) is 12.3.